The van der Waals surface area contributed by atoms with Gasteiger partial charge in [-0.2, -0.15) is 0 Å². The van der Waals surface area contributed by atoms with Gasteiger partial charge in [0.2, 0.25) is 0 Å². The van der Waals surface area contributed by atoms with Gasteiger partial charge in [0, 0.05) is 22.3 Å². The van der Waals surface area contributed by atoms with Gasteiger partial charge < -0.3 is 0 Å². The Morgan fingerprint density at radius 3 is 2.15 bits per heavy atom. The van der Waals surface area contributed by atoms with Crippen LogP contribution in [-0.2, 0) is 9.59 Å². The summed E-state index contributed by atoms with van der Waals surface area (Å²) in [5.74, 6) is 0.0964. The van der Waals surface area contributed by atoms with E-state index in [1.165, 1.54) is 0 Å². The van der Waals surface area contributed by atoms with Crippen LogP contribution in [0.5, 0.6) is 0 Å². The molecule has 0 aromatic carbocycles. The number of hydrogen-bond acceptors (Lipinski definition) is 2. The van der Waals surface area contributed by atoms with Crippen molar-refractivity contribution in [2.24, 2.45) is 0 Å². The van der Waals surface area contributed by atoms with Gasteiger partial charge >= 0.3 is 0 Å². The number of ketones is 2. The van der Waals surface area contributed by atoms with Gasteiger partial charge in [-0.1, -0.05) is 31.6 Å². The molecule has 1 aliphatic rings. The molecule has 0 bridgehead atoms. The number of Topliss-reactive ketones (excluding diaryl/α,β-unsaturated/α-hetero) is 2. The minimum absolute atomic E-state index is 0.0384. The zero-order chi connectivity index (χ0) is 15.1. The highest BCUT2D eigenvalue weighted by Crippen LogP contribution is 2.29. The summed E-state index contributed by atoms with van der Waals surface area (Å²) >= 11 is 0. The highest BCUT2D eigenvalue weighted by Gasteiger charge is 2.28. The van der Waals surface area contributed by atoms with Gasteiger partial charge in [0.15, 0.2) is 11.6 Å². The lowest BCUT2D eigenvalue weighted by atomic mass is 9.82. The maximum atomic E-state index is 12.4. The Balaban J connectivity index is 3.06. The lowest BCUT2D eigenvalue weighted by Crippen LogP contribution is -2.21. The Hall–Kier alpha value is -1.70. The van der Waals surface area contributed by atoms with Crippen LogP contribution in [0.4, 0.5) is 0 Å². The van der Waals surface area contributed by atoms with Gasteiger partial charge in [-0.05, 0) is 39.5 Å². The molecule has 0 unspecified atom stereocenters. The van der Waals surface area contributed by atoms with Crippen molar-refractivity contribution in [3.05, 3.63) is 47.1 Å². The maximum absolute atomic E-state index is 12.4. The van der Waals surface area contributed by atoms with E-state index in [2.05, 4.69) is 13.5 Å². The first kappa shape index (κ1) is 16.4. The summed E-state index contributed by atoms with van der Waals surface area (Å²) < 4.78 is 0. The largest absolute Gasteiger partial charge is 0.289 e. The van der Waals surface area contributed by atoms with E-state index in [0.717, 1.165) is 24.8 Å². The molecule has 0 amide bonds. The SMILES string of the molecule is C=CC/C=C/CC1=C(CCCC)C(=O)C(C)=C(C)C1=O. The van der Waals surface area contributed by atoms with Crippen LogP contribution in [-0.4, -0.2) is 11.6 Å². The maximum Gasteiger partial charge on any atom is 0.185 e. The molecule has 0 fully saturated rings. The molecule has 2 nitrogen and oxygen atoms in total. The molecule has 0 aromatic heterocycles. The van der Waals surface area contributed by atoms with Crippen LogP contribution in [0.3, 0.4) is 0 Å². The molecule has 0 N–H and O–H groups in total. The quantitative estimate of drug-likeness (QED) is 0.505. The first-order valence-electron chi connectivity index (χ1n) is 7.29. The summed E-state index contributed by atoms with van der Waals surface area (Å²) in [5, 5.41) is 0. The van der Waals surface area contributed by atoms with E-state index < -0.39 is 0 Å². The Bertz CT molecular complexity index is 502. The van der Waals surface area contributed by atoms with E-state index >= 15 is 0 Å². The lowest BCUT2D eigenvalue weighted by Gasteiger charge is -2.20. The molecule has 0 heterocycles. The standard InChI is InChI=1S/C18H24O2/c1-5-7-9-10-12-16-15(11-8-6-2)17(19)13(3)14(4)18(16)20/h5,9-10H,1,6-8,11-12H2,2-4H3/b10-9+. The number of carbonyl (C=O) groups excluding carboxylic acids is 2. The summed E-state index contributed by atoms with van der Waals surface area (Å²) in [6.45, 7) is 9.25. The highest BCUT2D eigenvalue weighted by molar-refractivity contribution is 6.24. The fraction of sp³-hybridized carbons (Fsp3) is 0.444. The van der Waals surface area contributed by atoms with Crippen LogP contribution < -0.4 is 0 Å². The minimum atomic E-state index is 0.0384. The zero-order valence-electron chi connectivity index (χ0n) is 12.8. The Morgan fingerprint density at radius 2 is 1.60 bits per heavy atom. The Labute approximate surface area is 122 Å². The average Bonchev–Trinajstić information content (AvgIpc) is 2.45. The summed E-state index contributed by atoms with van der Waals surface area (Å²) in [6.07, 6.45) is 9.75. The highest BCUT2D eigenvalue weighted by atomic mass is 16.1. The first-order valence-corrected chi connectivity index (χ1v) is 7.29. The normalized spacial score (nSPS) is 16.6. The van der Waals surface area contributed by atoms with Crippen LogP contribution in [0.15, 0.2) is 47.1 Å². The van der Waals surface area contributed by atoms with Gasteiger partial charge in [-0.15, -0.1) is 6.58 Å². The molecule has 0 saturated carbocycles. The topological polar surface area (TPSA) is 34.1 Å². The van der Waals surface area contributed by atoms with E-state index in [-0.39, 0.29) is 11.6 Å². The van der Waals surface area contributed by atoms with E-state index in [1.807, 2.05) is 18.2 Å². The van der Waals surface area contributed by atoms with Crippen LogP contribution >= 0.6 is 0 Å². The molecule has 20 heavy (non-hydrogen) atoms. The summed E-state index contributed by atoms with van der Waals surface area (Å²) in [4.78, 5) is 24.8. The first-order chi connectivity index (χ1) is 9.54. The lowest BCUT2D eigenvalue weighted by molar-refractivity contribution is -0.116. The third kappa shape index (κ3) is 3.66. The molecular weight excluding hydrogens is 248 g/mol. The molecule has 0 aliphatic heterocycles. The molecule has 1 rings (SSSR count). The van der Waals surface area contributed by atoms with Gasteiger partial charge in [0.1, 0.15) is 0 Å². The molecule has 0 atom stereocenters. The van der Waals surface area contributed by atoms with Gasteiger partial charge in [-0.3, -0.25) is 9.59 Å². The minimum Gasteiger partial charge on any atom is -0.289 e. The van der Waals surface area contributed by atoms with Crippen molar-refractivity contribution < 1.29 is 9.59 Å². The molecule has 1 aliphatic carbocycles. The number of allylic oxidation sites excluding steroid dienone is 7. The Morgan fingerprint density at radius 1 is 1.00 bits per heavy atom. The van der Waals surface area contributed by atoms with Crippen molar-refractivity contribution in [2.75, 3.05) is 0 Å². The summed E-state index contributed by atoms with van der Waals surface area (Å²) in [6, 6.07) is 0. The predicted octanol–water partition coefficient (Wildman–Crippen LogP) is 4.48. The third-order valence-electron chi connectivity index (χ3n) is 3.73. The van der Waals surface area contributed by atoms with Gasteiger partial charge in [0.25, 0.3) is 0 Å². The van der Waals surface area contributed by atoms with Crippen molar-refractivity contribution >= 4 is 11.6 Å². The molecule has 2 heteroatoms. The molecule has 0 radical (unpaired) electrons. The van der Waals surface area contributed by atoms with E-state index in [0.29, 0.717) is 29.6 Å². The summed E-state index contributed by atoms with van der Waals surface area (Å²) in [5.41, 5.74) is 2.62. The van der Waals surface area contributed by atoms with Gasteiger partial charge in [0.05, 0.1) is 0 Å². The monoisotopic (exact) mass is 272 g/mol. The van der Waals surface area contributed by atoms with E-state index in [1.54, 1.807) is 13.8 Å². The number of hydrogen-bond donors (Lipinski definition) is 0. The fourth-order valence-electron chi connectivity index (χ4n) is 2.29. The van der Waals surface area contributed by atoms with Gasteiger partial charge in [-0.25, -0.2) is 0 Å². The molecule has 0 spiro atoms. The fourth-order valence-corrected chi connectivity index (χ4v) is 2.29. The van der Waals surface area contributed by atoms with Crippen LogP contribution in [0.2, 0.25) is 0 Å². The smallest absolute Gasteiger partial charge is 0.185 e. The Kier molecular flexibility index (Phi) is 6.37. The van der Waals surface area contributed by atoms with Crippen molar-refractivity contribution in [1.29, 1.82) is 0 Å². The predicted molar refractivity (Wildman–Crippen MR) is 83.5 cm³/mol. The van der Waals surface area contributed by atoms with Crippen LogP contribution in [0, 0.1) is 0 Å². The second-order valence-corrected chi connectivity index (χ2v) is 5.17. The van der Waals surface area contributed by atoms with E-state index in [9.17, 15) is 9.59 Å². The molecular formula is C18H24O2. The zero-order valence-corrected chi connectivity index (χ0v) is 12.8. The second-order valence-electron chi connectivity index (χ2n) is 5.17. The van der Waals surface area contributed by atoms with Crippen molar-refractivity contribution in [3.8, 4) is 0 Å². The van der Waals surface area contributed by atoms with Crippen LogP contribution in [0.25, 0.3) is 0 Å². The molecule has 108 valence electrons. The van der Waals surface area contributed by atoms with Crippen molar-refractivity contribution in [1.82, 2.24) is 0 Å². The van der Waals surface area contributed by atoms with Crippen LogP contribution in [0.1, 0.15) is 52.9 Å². The number of unbranched alkanes of at least 4 members (excludes halogenated alkanes) is 1. The molecule has 0 saturated heterocycles. The number of rotatable bonds is 7. The van der Waals surface area contributed by atoms with Crippen molar-refractivity contribution in [2.45, 2.75) is 52.9 Å². The third-order valence-corrected chi connectivity index (χ3v) is 3.73. The second kappa shape index (κ2) is 7.78. The molecule has 0 aromatic rings. The van der Waals surface area contributed by atoms with Crippen molar-refractivity contribution in [3.63, 3.8) is 0 Å². The average molecular weight is 272 g/mol. The number of carbonyl (C=O) groups is 2. The van der Waals surface area contributed by atoms with E-state index in [4.69, 9.17) is 0 Å². The summed E-state index contributed by atoms with van der Waals surface area (Å²) in [7, 11) is 0.